The van der Waals surface area contributed by atoms with Gasteiger partial charge in [0, 0.05) is 5.69 Å². The number of amides is 1. The van der Waals surface area contributed by atoms with Crippen LogP contribution in [0.2, 0.25) is 0 Å². The molecule has 0 aliphatic rings. The third kappa shape index (κ3) is 5.85. The van der Waals surface area contributed by atoms with Crippen molar-refractivity contribution in [2.75, 3.05) is 11.1 Å². The van der Waals surface area contributed by atoms with E-state index in [0.29, 0.717) is 23.5 Å². The van der Waals surface area contributed by atoms with Crippen molar-refractivity contribution in [3.63, 3.8) is 0 Å². The number of aromatic nitrogens is 3. The van der Waals surface area contributed by atoms with E-state index in [9.17, 15) is 4.79 Å². The van der Waals surface area contributed by atoms with Crippen LogP contribution < -0.4 is 10.1 Å². The van der Waals surface area contributed by atoms with Crippen molar-refractivity contribution in [2.24, 2.45) is 0 Å². The summed E-state index contributed by atoms with van der Waals surface area (Å²) in [4.78, 5) is 16.4. The largest absolute Gasteiger partial charge is 0.486 e. The topological polar surface area (TPSA) is 79.9 Å². The van der Waals surface area contributed by atoms with Gasteiger partial charge in [0.05, 0.1) is 5.75 Å². The number of aromatic amines is 1. The standard InChI is InChI=1S/C21H24N4O2S/c1-14(2)16-6-10-18(11-7-16)27-12-19-23-21(25-24-19)28-13-20(26)22-17-8-4-15(3)5-9-17/h4-11,14H,12-13H2,1-3H3,(H,22,26)(H,23,24,25). The van der Waals surface area contributed by atoms with Gasteiger partial charge in [-0.3, -0.25) is 9.89 Å². The lowest BCUT2D eigenvalue weighted by Crippen LogP contribution is -2.14. The number of hydrogen-bond donors (Lipinski definition) is 2. The molecule has 0 aliphatic heterocycles. The quantitative estimate of drug-likeness (QED) is 0.546. The average molecular weight is 397 g/mol. The summed E-state index contributed by atoms with van der Waals surface area (Å²) >= 11 is 1.28. The maximum absolute atomic E-state index is 12.0. The van der Waals surface area contributed by atoms with E-state index in [1.807, 2.05) is 43.3 Å². The number of carbonyl (C=O) groups excluding carboxylic acids is 1. The number of aryl methyl sites for hydroxylation is 1. The summed E-state index contributed by atoms with van der Waals surface area (Å²) in [5.74, 6) is 2.04. The van der Waals surface area contributed by atoms with Crippen LogP contribution in [0.4, 0.5) is 5.69 Å². The molecule has 0 saturated carbocycles. The summed E-state index contributed by atoms with van der Waals surface area (Å²) in [6.07, 6.45) is 0. The van der Waals surface area contributed by atoms with Gasteiger partial charge in [-0.1, -0.05) is 55.4 Å². The number of carbonyl (C=O) groups is 1. The molecule has 2 aromatic carbocycles. The number of H-pyrrole nitrogens is 1. The molecule has 0 bridgehead atoms. The molecule has 1 aromatic heterocycles. The van der Waals surface area contributed by atoms with Crippen LogP contribution in [0, 0.1) is 6.92 Å². The molecule has 1 heterocycles. The molecular formula is C21H24N4O2S. The van der Waals surface area contributed by atoms with Crippen LogP contribution in [0.25, 0.3) is 0 Å². The number of rotatable bonds is 8. The Balaban J connectivity index is 1.44. The van der Waals surface area contributed by atoms with Gasteiger partial charge in [0.25, 0.3) is 0 Å². The summed E-state index contributed by atoms with van der Waals surface area (Å²) in [7, 11) is 0. The zero-order valence-corrected chi connectivity index (χ0v) is 17.0. The van der Waals surface area contributed by atoms with E-state index in [2.05, 4.69) is 46.5 Å². The highest BCUT2D eigenvalue weighted by atomic mass is 32.2. The Morgan fingerprint density at radius 2 is 1.86 bits per heavy atom. The van der Waals surface area contributed by atoms with Gasteiger partial charge in [-0.15, -0.1) is 5.10 Å². The Morgan fingerprint density at radius 1 is 1.14 bits per heavy atom. The van der Waals surface area contributed by atoms with Gasteiger partial charge >= 0.3 is 0 Å². The molecule has 0 atom stereocenters. The molecule has 0 unspecified atom stereocenters. The lowest BCUT2D eigenvalue weighted by molar-refractivity contribution is -0.113. The normalized spacial score (nSPS) is 10.9. The Morgan fingerprint density at radius 3 is 2.54 bits per heavy atom. The number of anilines is 1. The van der Waals surface area contributed by atoms with Gasteiger partial charge in [-0.25, -0.2) is 4.98 Å². The van der Waals surface area contributed by atoms with Crippen molar-refractivity contribution < 1.29 is 9.53 Å². The molecule has 7 heteroatoms. The van der Waals surface area contributed by atoms with Gasteiger partial charge in [0.15, 0.2) is 5.82 Å². The van der Waals surface area contributed by atoms with Crippen LogP contribution in [-0.4, -0.2) is 26.8 Å². The predicted molar refractivity (Wildman–Crippen MR) is 112 cm³/mol. The molecule has 0 aliphatic carbocycles. The van der Waals surface area contributed by atoms with Crippen molar-refractivity contribution >= 4 is 23.4 Å². The molecule has 6 nitrogen and oxygen atoms in total. The van der Waals surface area contributed by atoms with Crippen LogP contribution in [0.3, 0.4) is 0 Å². The van der Waals surface area contributed by atoms with Crippen molar-refractivity contribution in [1.29, 1.82) is 0 Å². The van der Waals surface area contributed by atoms with Crippen LogP contribution in [0.15, 0.2) is 53.7 Å². The molecule has 2 N–H and O–H groups in total. The van der Waals surface area contributed by atoms with E-state index in [4.69, 9.17) is 4.74 Å². The van der Waals surface area contributed by atoms with Crippen molar-refractivity contribution in [1.82, 2.24) is 15.2 Å². The zero-order valence-electron chi connectivity index (χ0n) is 16.2. The SMILES string of the molecule is Cc1ccc(NC(=O)CSc2n[nH]c(COc3ccc(C(C)C)cc3)n2)cc1. The first-order valence-corrected chi connectivity index (χ1v) is 10.1. The van der Waals surface area contributed by atoms with Gasteiger partial charge in [0.2, 0.25) is 11.1 Å². The van der Waals surface area contributed by atoms with Gasteiger partial charge < -0.3 is 10.1 Å². The predicted octanol–water partition coefficient (Wildman–Crippen LogP) is 4.55. The van der Waals surface area contributed by atoms with Gasteiger partial charge in [-0.05, 0) is 42.7 Å². The second-order valence-electron chi connectivity index (χ2n) is 6.78. The minimum Gasteiger partial charge on any atom is -0.486 e. The number of hydrogen-bond acceptors (Lipinski definition) is 5. The smallest absolute Gasteiger partial charge is 0.234 e. The molecule has 0 spiro atoms. The van der Waals surface area contributed by atoms with Crippen LogP contribution in [0.5, 0.6) is 5.75 Å². The molecule has 3 rings (SSSR count). The summed E-state index contributed by atoms with van der Waals surface area (Å²) in [5.41, 5.74) is 3.21. The van der Waals surface area contributed by atoms with Crippen LogP contribution >= 0.6 is 11.8 Å². The molecule has 0 fully saturated rings. The Bertz CT molecular complexity index is 905. The first-order valence-electron chi connectivity index (χ1n) is 9.13. The fraction of sp³-hybridized carbons (Fsp3) is 0.286. The third-order valence-electron chi connectivity index (χ3n) is 4.10. The van der Waals surface area contributed by atoms with Gasteiger partial charge in [0.1, 0.15) is 12.4 Å². The second-order valence-corrected chi connectivity index (χ2v) is 7.72. The summed E-state index contributed by atoms with van der Waals surface area (Å²) in [6.45, 7) is 6.62. The molecular weight excluding hydrogens is 372 g/mol. The van der Waals surface area contributed by atoms with E-state index in [-0.39, 0.29) is 11.7 Å². The highest BCUT2D eigenvalue weighted by Crippen LogP contribution is 2.19. The number of benzene rings is 2. The molecule has 3 aromatic rings. The lowest BCUT2D eigenvalue weighted by Gasteiger charge is -2.07. The summed E-state index contributed by atoms with van der Waals surface area (Å²) in [6, 6.07) is 15.7. The third-order valence-corrected chi connectivity index (χ3v) is 4.95. The van der Waals surface area contributed by atoms with Crippen molar-refractivity contribution in [3.05, 3.63) is 65.5 Å². The highest BCUT2D eigenvalue weighted by Gasteiger charge is 2.09. The molecule has 0 radical (unpaired) electrons. The molecule has 1 amide bonds. The maximum Gasteiger partial charge on any atom is 0.234 e. The van der Waals surface area contributed by atoms with E-state index in [0.717, 1.165) is 17.0 Å². The molecule has 0 saturated heterocycles. The Labute approximate surface area is 169 Å². The second kappa shape index (κ2) is 9.41. The summed E-state index contributed by atoms with van der Waals surface area (Å²) < 4.78 is 5.73. The minimum atomic E-state index is -0.0957. The highest BCUT2D eigenvalue weighted by molar-refractivity contribution is 7.99. The molecule has 28 heavy (non-hydrogen) atoms. The number of thioether (sulfide) groups is 1. The first-order chi connectivity index (χ1) is 13.5. The van der Waals surface area contributed by atoms with Gasteiger partial charge in [-0.2, -0.15) is 0 Å². The van der Waals surface area contributed by atoms with Crippen LogP contribution in [0.1, 0.15) is 36.7 Å². The van der Waals surface area contributed by atoms with Crippen molar-refractivity contribution in [3.8, 4) is 5.75 Å². The van der Waals surface area contributed by atoms with Crippen LogP contribution in [-0.2, 0) is 11.4 Å². The molecule has 146 valence electrons. The zero-order chi connectivity index (χ0) is 19.9. The fourth-order valence-electron chi connectivity index (χ4n) is 2.47. The van der Waals surface area contributed by atoms with E-state index < -0.39 is 0 Å². The minimum absolute atomic E-state index is 0.0957. The number of nitrogens with one attached hydrogen (secondary N) is 2. The summed E-state index contributed by atoms with van der Waals surface area (Å²) in [5, 5.41) is 10.3. The maximum atomic E-state index is 12.0. The number of nitrogens with zero attached hydrogens (tertiary/aromatic N) is 2. The Kier molecular flexibility index (Phi) is 6.71. The Hall–Kier alpha value is -2.80. The van der Waals surface area contributed by atoms with E-state index in [1.165, 1.54) is 17.3 Å². The van der Waals surface area contributed by atoms with E-state index >= 15 is 0 Å². The lowest BCUT2D eigenvalue weighted by atomic mass is 10.0. The average Bonchev–Trinajstić information content (AvgIpc) is 3.15. The van der Waals surface area contributed by atoms with Crippen molar-refractivity contribution in [2.45, 2.75) is 38.5 Å². The number of ether oxygens (including phenoxy) is 1. The monoisotopic (exact) mass is 396 g/mol. The first kappa shape index (κ1) is 19.9. The fourth-order valence-corrected chi connectivity index (χ4v) is 3.09. The van der Waals surface area contributed by atoms with E-state index in [1.54, 1.807) is 0 Å².